The van der Waals surface area contributed by atoms with Crippen molar-refractivity contribution in [2.24, 2.45) is 5.92 Å². The van der Waals surface area contributed by atoms with Crippen LogP contribution in [0.4, 0.5) is 0 Å². The number of carbonyl (C=O) groups excluding carboxylic acids is 1. The molecule has 1 N–H and O–H groups in total. The Balaban J connectivity index is 1.79. The highest BCUT2D eigenvalue weighted by molar-refractivity contribution is 5.78. The molecule has 0 atom stereocenters. The molecule has 1 aromatic rings. The third-order valence-corrected chi connectivity index (χ3v) is 3.16. The number of carbonyl (C=O) groups is 1. The topological polar surface area (TPSA) is 45.5 Å². The van der Waals surface area contributed by atoms with Gasteiger partial charge in [-0.3, -0.25) is 9.69 Å². The standard InChI is InChI=1S/C12H18N2O2/c1-13-12(15)10-4-6-14(7-5-10)9-11-3-2-8-16-11/h2-3,8,10H,4-7,9H2,1H3,(H,13,15). The van der Waals surface area contributed by atoms with Crippen LogP contribution in [0, 0.1) is 5.92 Å². The molecule has 88 valence electrons. The largest absolute Gasteiger partial charge is 0.468 e. The summed E-state index contributed by atoms with van der Waals surface area (Å²) in [5, 5.41) is 2.72. The molecule has 0 spiro atoms. The quantitative estimate of drug-likeness (QED) is 0.837. The van der Waals surface area contributed by atoms with Crippen molar-refractivity contribution in [3.05, 3.63) is 24.2 Å². The molecule has 0 bridgehead atoms. The average molecular weight is 222 g/mol. The van der Waals surface area contributed by atoms with Crippen LogP contribution in [0.1, 0.15) is 18.6 Å². The molecule has 0 aromatic carbocycles. The van der Waals surface area contributed by atoms with E-state index in [1.54, 1.807) is 13.3 Å². The van der Waals surface area contributed by atoms with Gasteiger partial charge in [-0.15, -0.1) is 0 Å². The zero-order valence-corrected chi connectivity index (χ0v) is 9.61. The number of furan rings is 1. The first-order valence-electron chi connectivity index (χ1n) is 5.76. The van der Waals surface area contributed by atoms with Gasteiger partial charge in [0.05, 0.1) is 12.8 Å². The highest BCUT2D eigenvalue weighted by atomic mass is 16.3. The lowest BCUT2D eigenvalue weighted by atomic mass is 9.96. The summed E-state index contributed by atoms with van der Waals surface area (Å²) in [5.74, 6) is 1.37. The van der Waals surface area contributed by atoms with Gasteiger partial charge in [0.2, 0.25) is 5.91 Å². The molecule has 16 heavy (non-hydrogen) atoms. The Morgan fingerprint density at radius 3 is 2.88 bits per heavy atom. The van der Waals surface area contributed by atoms with E-state index >= 15 is 0 Å². The van der Waals surface area contributed by atoms with Crippen LogP contribution in [0.2, 0.25) is 0 Å². The highest BCUT2D eigenvalue weighted by Crippen LogP contribution is 2.19. The molecule has 4 nitrogen and oxygen atoms in total. The summed E-state index contributed by atoms with van der Waals surface area (Å²) in [6.45, 7) is 2.80. The molecule has 2 rings (SSSR count). The minimum Gasteiger partial charge on any atom is -0.468 e. The summed E-state index contributed by atoms with van der Waals surface area (Å²) >= 11 is 0. The van der Waals surface area contributed by atoms with Crippen molar-refractivity contribution in [2.75, 3.05) is 20.1 Å². The van der Waals surface area contributed by atoms with Crippen LogP contribution in [0.5, 0.6) is 0 Å². The monoisotopic (exact) mass is 222 g/mol. The molecule has 1 aliphatic rings. The fraction of sp³-hybridized carbons (Fsp3) is 0.583. The van der Waals surface area contributed by atoms with Crippen molar-refractivity contribution in [1.82, 2.24) is 10.2 Å². The van der Waals surface area contributed by atoms with Gasteiger partial charge in [0, 0.05) is 13.0 Å². The Bertz CT molecular complexity index is 327. The van der Waals surface area contributed by atoms with Gasteiger partial charge in [-0.25, -0.2) is 0 Å². The van der Waals surface area contributed by atoms with E-state index in [4.69, 9.17) is 4.42 Å². The summed E-state index contributed by atoms with van der Waals surface area (Å²) in [7, 11) is 1.71. The SMILES string of the molecule is CNC(=O)C1CCN(Cc2ccco2)CC1. The van der Waals surface area contributed by atoms with Crippen molar-refractivity contribution in [2.45, 2.75) is 19.4 Å². The van der Waals surface area contributed by atoms with Crippen molar-refractivity contribution >= 4 is 5.91 Å². The van der Waals surface area contributed by atoms with E-state index in [0.29, 0.717) is 0 Å². The van der Waals surface area contributed by atoms with E-state index in [9.17, 15) is 4.79 Å². The van der Waals surface area contributed by atoms with E-state index in [2.05, 4.69) is 10.2 Å². The fourth-order valence-electron chi connectivity index (χ4n) is 2.18. The van der Waals surface area contributed by atoms with Gasteiger partial charge in [0.25, 0.3) is 0 Å². The molecule has 0 saturated carbocycles. The number of rotatable bonds is 3. The molecule has 1 amide bonds. The van der Waals surface area contributed by atoms with Crippen molar-refractivity contribution in [3.8, 4) is 0 Å². The van der Waals surface area contributed by atoms with Gasteiger partial charge in [0.15, 0.2) is 0 Å². The number of nitrogens with one attached hydrogen (secondary N) is 1. The lowest BCUT2D eigenvalue weighted by Gasteiger charge is -2.30. The van der Waals surface area contributed by atoms with Gasteiger partial charge in [-0.2, -0.15) is 0 Å². The number of hydrogen-bond acceptors (Lipinski definition) is 3. The second-order valence-corrected chi connectivity index (χ2v) is 4.24. The number of hydrogen-bond donors (Lipinski definition) is 1. The first kappa shape index (κ1) is 11.2. The average Bonchev–Trinajstić information content (AvgIpc) is 2.82. The number of likely N-dealkylation sites (tertiary alicyclic amines) is 1. The maximum Gasteiger partial charge on any atom is 0.222 e. The Morgan fingerprint density at radius 2 is 2.31 bits per heavy atom. The molecule has 0 unspecified atom stereocenters. The molecule has 4 heteroatoms. The third kappa shape index (κ3) is 2.64. The fourth-order valence-corrected chi connectivity index (χ4v) is 2.18. The molecular weight excluding hydrogens is 204 g/mol. The summed E-state index contributed by atoms with van der Waals surface area (Å²) in [4.78, 5) is 13.8. The predicted molar refractivity (Wildman–Crippen MR) is 60.8 cm³/mol. The molecule has 1 aliphatic heterocycles. The van der Waals surface area contributed by atoms with E-state index in [-0.39, 0.29) is 11.8 Å². The smallest absolute Gasteiger partial charge is 0.222 e. The summed E-state index contributed by atoms with van der Waals surface area (Å²) in [6, 6.07) is 3.90. The van der Waals surface area contributed by atoms with Crippen LogP contribution in [0.3, 0.4) is 0 Å². The maximum atomic E-state index is 11.4. The zero-order chi connectivity index (χ0) is 11.4. The van der Waals surface area contributed by atoms with Crippen LogP contribution >= 0.6 is 0 Å². The Labute approximate surface area is 95.6 Å². The lowest BCUT2D eigenvalue weighted by Crippen LogP contribution is -2.39. The van der Waals surface area contributed by atoms with Crippen LogP contribution in [0.15, 0.2) is 22.8 Å². The Morgan fingerprint density at radius 1 is 1.56 bits per heavy atom. The van der Waals surface area contributed by atoms with Crippen LogP contribution in [-0.4, -0.2) is 30.9 Å². The van der Waals surface area contributed by atoms with Crippen molar-refractivity contribution < 1.29 is 9.21 Å². The molecule has 0 radical (unpaired) electrons. The van der Waals surface area contributed by atoms with Gasteiger partial charge in [0.1, 0.15) is 5.76 Å². The van der Waals surface area contributed by atoms with E-state index in [1.807, 2.05) is 12.1 Å². The summed E-state index contributed by atoms with van der Waals surface area (Å²) < 4.78 is 5.31. The number of piperidine rings is 1. The molecular formula is C12H18N2O2. The molecule has 1 fully saturated rings. The van der Waals surface area contributed by atoms with E-state index in [1.165, 1.54) is 0 Å². The molecule has 2 heterocycles. The molecule has 1 saturated heterocycles. The Kier molecular flexibility index (Phi) is 3.62. The van der Waals surface area contributed by atoms with Gasteiger partial charge >= 0.3 is 0 Å². The molecule has 1 aromatic heterocycles. The number of amides is 1. The van der Waals surface area contributed by atoms with Gasteiger partial charge in [-0.1, -0.05) is 0 Å². The zero-order valence-electron chi connectivity index (χ0n) is 9.61. The second-order valence-electron chi connectivity index (χ2n) is 4.24. The van der Waals surface area contributed by atoms with Crippen molar-refractivity contribution in [3.63, 3.8) is 0 Å². The summed E-state index contributed by atoms with van der Waals surface area (Å²) in [5.41, 5.74) is 0. The maximum absolute atomic E-state index is 11.4. The van der Waals surface area contributed by atoms with Crippen LogP contribution < -0.4 is 5.32 Å². The van der Waals surface area contributed by atoms with E-state index < -0.39 is 0 Å². The van der Waals surface area contributed by atoms with Crippen molar-refractivity contribution in [1.29, 1.82) is 0 Å². The third-order valence-electron chi connectivity index (χ3n) is 3.16. The van der Waals surface area contributed by atoms with Gasteiger partial charge < -0.3 is 9.73 Å². The molecule has 0 aliphatic carbocycles. The lowest BCUT2D eigenvalue weighted by molar-refractivity contribution is -0.125. The van der Waals surface area contributed by atoms with Gasteiger partial charge in [-0.05, 0) is 38.1 Å². The highest BCUT2D eigenvalue weighted by Gasteiger charge is 2.24. The summed E-state index contributed by atoms with van der Waals surface area (Å²) in [6.07, 6.45) is 3.59. The number of nitrogens with zero attached hydrogens (tertiary/aromatic N) is 1. The van der Waals surface area contributed by atoms with E-state index in [0.717, 1.165) is 38.2 Å². The first-order valence-corrected chi connectivity index (χ1v) is 5.76. The Hall–Kier alpha value is -1.29. The van der Waals surface area contributed by atoms with Crippen LogP contribution in [0.25, 0.3) is 0 Å². The second kappa shape index (κ2) is 5.16. The first-order chi connectivity index (χ1) is 7.79. The minimum absolute atomic E-state index is 0.178. The minimum atomic E-state index is 0.178. The van der Waals surface area contributed by atoms with Crippen LogP contribution in [-0.2, 0) is 11.3 Å². The normalized spacial score (nSPS) is 18.6. The predicted octanol–water partition coefficient (Wildman–Crippen LogP) is 1.24.